The third kappa shape index (κ3) is 2.65. The highest BCUT2D eigenvalue weighted by Gasteiger charge is 2.40. The molecule has 7 heteroatoms. The summed E-state index contributed by atoms with van der Waals surface area (Å²) in [6, 6.07) is 9.22. The lowest BCUT2D eigenvalue weighted by Crippen LogP contribution is -2.30. The van der Waals surface area contributed by atoms with Crippen LogP contribution in [0.2, 0.25) is 0 Å². The summed E-state index contributed by atoms with van der Waals surface area (Å²) in [5, 5.41) is 0.569. The first-order chi connectivity index (χ1) is 12.6. The minimum absolute atomic E-state index is 0.169. The Balaban J connectivity index is 1.92. The van der Waals surface area contributed by atoms with Gasteiger partial charge in [0.1, 0.15) is 11.5 Å². The molecule has 4 rings (SSSR count). The van der Waals surface area contributed by atoms with Gasteiger partial charge in [0.05, 0.1) is 18.2 Å². The summed E-state index contributed by atoms with van der Waals surface area (Å²) in [4.78, 5) is 16.2. The van der Waals surface area contributed by atoms with Crippen LogP contribution in [0.3, 0.4) is 0 Å². The average molecular weight is 375 g/mol. The summed E-state index contributed by atoms with van der Waals surface area (Å²) >= 11 is 0. The molecule has 0 saturated heterocycles. The first-order valence-corrected chi connectivity index (χ1v) is 8.27. The van der Waals surface area contributed by atoms with Gasteiger partial charge in [0, 0.05) is 28.1 Å². The second-order valence-corrected chi connectivity index (χ2v) is 7.00. The Hall–Kier alpha value is -2.96. The van der Waals surface area contributed by atoms with Crippen molar-refractivity contribution >= 4 is 16.7 Å². The number of methoxy groups -OCH3 is 1. The van der Waals surface area contributed by atoms with Gasteiger partial charge in [0.2, 0.25) is 0 Å². The number of aromatic nitrogens is 1. The number of ether oxygens (including phenoxy) is 2. The molecule has 3 aromatic rings. The van der Waals surface area contributed by atoms with E-state index in [2.05, 4.69) is 9.72 Å². The number of alkyl halides is 3. The summed E-state index contributed by atoms with van der Waals surface area (Å²) < 4.78 is 46.8. The highest BCUT2D eigenvalue weighted by atomic mass is 19.4. The van der Waals surface area contributed by atoms with Crippen LogP contribution in [-0.4, -0.2) is 24.2 Å². The van der Waals surface area contributed by atoms with Crippen molar-refractivity contribution < 1.29 is 27.4 Å². The van der Waals surface area contributed by atoms with Crippen LogP contribution in [0.25, 0.3) is 10.9 Å². The summed E-state index contributed by atoms with van der Waals surface area (Å²) in [6.45, 7) is 3.91. The van der Waals surface area contributed by atoms with Crippen molar-refractivity contribution in [1.29, 1.82) is 0 Å². The summed E-state index contributed by atoms with van der Waals surface area (Å²) in [7, 11) is 1.55. The zero-order valence-electron chi connectivity index (χ0n) is 14.8. The Morgan fingerprint density at radius 1 is 1.04 bits per heavy atom. The molecule has 1 aliphatic rings. The van der Waals surface area contributed by atoms with E-state index in [-0.39, 0.29) is 11.5 Å². The van der Waals surface area contributed by atoms with Gasteiger partial charge in [0.15, 0.2) is 5.78 Å². The average Bonchev–Trinajstić information content (AvgIpc) is 2.98. The number of hydrogen-bond acceptors (Lipinski definition) is 3. The topological polar surface area (TPSA) is 51.3 Å². The zero-order chi connectivity index (χ0) is 19.6. The van der Waals surface area contributed by atoms with E-state index in [1.165, 1.54) is 18.2 Å². The molecule has 27 heavy (non-hydrogen) atoms. The highest BCUT2D eigenvalue weighted by Crippen LogP contribution is 2.45. The Morgan fingerprint density at radius 2 is 1.74 bits per heavy atom. The van der Waals surface area contributed by atoms with Gasteiger partial charge >= 0.3 is 6.36 Å². The zero-order valence-corrected chi connectivity index (χ0v) is 14.8. The lowest BCUT2D eigenvalue weighted by molar-refractivity contribution is -0.274. The van der Waals surface area contributed by atoms with E-state index in [1.54, 1.807) is 19.2 Å². The van der Waals surface area contributed by atoms with E-state index < -0.39 is 11.8 Å². The minimum Gasteiger partial charge on any atom is -0.497 e. The van der Waals surface area contributed by atoms with Gasteiger partial charge in [-0.15, -0.1) is 13.2 Å². The minimum atomic E-state index is -4.78. The van der Waals surface area contributed by atoms with Crippen molar-refractivity contribution in [1.82, 2.24) is 4.98 Å². The molecule has 1 heterocycles. The van der Waals surface area contributed by atoms with Crippen LogP contribution in [0.15, 0.2) is 36.4 Å². The third-order valence-electron chi connectivity index (χ3n) is 5.00. The molecule has 1 aliphatic carbocycles. The summed E-state index contributed by atoms with van der Waals surface area (Å²) in [5.41, 5.74) is 2.36. The molecule has 1 aromatic heterocycles. The van der Waals surface area contributed by atoms with Crippen molar-refractivity contribution in [2.75, 3.05) is 7.11 Å². The maximum Gasteiger partial charge on any atom is 0.573 e. The largest absolute Gasteiger partial charge is 0.573 e. The maximum atomic E-state index is 13.1. The van der Waals surface area contributed by atoms with Crippen LogP contribution in [0.1, 0.15) is 41.0 Å². The second kappa shape index (κ2) is 5.52. The number of H-pyrrole nitrogens is 1. The Bertz CT molecular complexity index is 1080. The highest BCUT2D eigenvalue weighted by molar-refractivity contribution is 6.20. The molecule has 0 aliphatic heterocycles. The molecular weight excluding hydrogens is 359 g/mol. The number of hydrogen-bond donors (Lipinski definition) is 1. The van der Waals surface area contributed by atoms with Crippen LogP contribution >= 0.6 is 0 Å². The molecule has 140 valence electrons. The second-order valence-electron chi connectivity index (χ2n) is 7.00. The van der Waals surface area contributed by atoms with Crippen LogP contribution < -0.4 is 9.47 Å². The van der Waals surface area contributed by atoms with Gasteiger partial charge in [-0.2, -0.15) is 0 Å². The van der Waals surface area contributed by atoms with Crippen molar-refractivity contribution in [2.45, 2.75) is 25.6 Å². The molecule has 0 radical (unpaired) electrons. The number of rotatable bonds is 2. The predicted molar refractivity (Wildman–Crippen MR) is 93.5 cm³/mol. The molecule has 0 saturated carbocycles. The monoisotopic (exact) mass is 375 g/mol. The van der Waals surface area contributed by atoms with Crippen LogP contribution in [0, 0.1) is 0 Å². The van der Waals surface area contributed by atoms with E-state index in [0.717, 1.165) is 5.56 Å². The predicted octanol–water partition coefficient (Wildman–Crippen LogP) is 4.95. The Morgan fingerprint density at radius 3 is 2.41 bits per heavy atom. The van der Waals surface area contributed by atoms with Crippen molar-refractivity contribution in [3.8, 4) is 11.5 Å². The van der Waals surface area contributed by atoms with Gasteiger partial charge in [-0.1, -0.05) is 13.8 Å². The van der Waals surface area contributed by atoms with Gasteiger partial charge in [0.25, 0.3) is 0 Å². The molecular formula is C20H16F3NO3. The summed E-state index contributed by atoms with van der Waals surface area (Å²) in [6.07, 6.45) is -4.78. The van der Waals surface area contributed by atoms with Crippen molar-refractivity contribution in [3.63, 3.8) is 0 Å². The number of aromatic amines is 1. The van der Waals surface area contributed by atoms with Gasteiger partial charge in [-0.25, -0.2) is 0 Å². The molecule has 0 bridgehead atoms. The lowest BCUT2D eigenvalue weighted by Gasteiger charge is -2.32. The van der Waals surface area contributed by atoms with Gasteiger partial charge in [-0.05, 0) is 35.9 Å². The number of benzene rings is 2. The first-order valence-electron chi connectivity index (χ1n) is 8.27. The van der Waals surface area contributed by atoms with E-state index in [9.17, 15) is 18.0 Å². The number of carbonyl (C=O) groups is 1. The molecule has 0 atom stereocenters. The third-order valence-corrected chi connectivity index (χ3v) is 5.00. The SMILES string of the molecule is COc1ccc2c(c1)C(C)(C)c1[nH]c3cc(OC(F)(F)F)ccc3c1C2=O. The maximum absolute atomic E-state index is 13.1. The van der Waals surface area contributed by atoms with E-state index in [1.807, 2.05) is 19.9 Å². The molecule has 0 fully saturated rings. The number of ketones is 1. The lowest BCUT2D eigenvalue weighted by atomic mass is 9.71. The van der Waals surface area contributed by atoms with Gasteiger partial charge < -0.3 is 14.5 Å². The smallest absolute Gasteiger partial charge is 0.497 e. The van der Waals surface area contributed by atoms with Crippen LogP contribution in [-0.2, 0) is 5.41 Å². The molecule has 0 amide bonds. The van der Waals surface area contributed by atoms with Crippen molar-refractivity contribution in [3.05, 3.63) is 58.8 Å². The molecule has 1 N–H and O–H groups in total. The number of halogens is 3. The normalized spacial score (nSPS) is 15.4. The molecule has 2 aromatic carbocycles. The van der Waals surface area contributed by atoms with E-state index >= 15 is 0 Å². The van der Waals surface area contributed by atoms with E-state index in [4.69, 9.17) is 4.74 Å². The first kappa shape index (κ1) is 17.5. The summed E-state index contributed by atoms with van der Waals surface area (Å²) in [5.74, 6) is 0.130. The number of fused-ring (bicyclic) bond motifs is 4. The number of carbonyl (C=O) groups excluding carboxylic acids is 1. The molecule has 0 spiro atoms. The molecule has 0 unspecified atom stereocenters. The molecule has 4 nitrogen and oxygen atoms in total. The van der Waals surface area contributed by atoms with Crippen LogP contribution in [0.5, 0.6) is 11.5 Å². The van der Waals surface area contributed by atoms with E-state index in [0.29, 0.717) is 33.5 Å². The fraction of sp³-hybridized carbons (Fsp3) is 0.250. The standard InChI is InChI=1S/C20H16F3NO3/c1-19(2)14-8-10(26-3)4-6-12(14)17(25)16-13-7-5-11(27-20(21,22)23)9-15(13)24-18(16)19/h4-9,24H,1-3H3. The van der Waals surface area contributed by atoms with Crippen LogP contribution in [0.4, 0.5) is 13.2 Å². The quantitative estimate of drug-likeness (QED) is 0.690. The Labute approximate surface area is 152 Å². The Kier molecular flexibility index (Phi) is 3.57. The van der Waals surface area contributed by atoms with Crippen molar-refractivity contribution in [2.24, 2.45) is 0 Å². The fourth-order valence-electron chi connectivity index (χ4n) is 3.71. The fourth-order valence-corrected chi connectivity index (χ4v) is 3.71. The van der Waals surface area contributed by atoms with Gasteiger partial charge in [-0.3, -0.25) is 4.79 Å². The number of nitrogens with one attached hydrogen (secondary N) is 1.